The van der Waals surface area contributed by atoms with E-state index in [-0.39, 0.29) is 6.10 Å². The Balaban J connectivity index is 1.86. The van der Waals surface area contributed by atoms with Gasteiger partial charge >= 0.3 is 0 Å². The van der Waals surface area contributed by atoms with Crippen LogP contribution in [0.15, 0.2) is 18.2 Å². The van der Waals surface area contributed by atoms with E-state index in [9.17, 15) is 0 Å². The second-order valence-corrected chi connectivity index (χ2v) is 5.98. The molecule has 116 valence electrons. The van der Waals surface area contributed by atoms with Crippen LogP contribution in [0.4, 0.5) is 5.69 Å². The van der Waals surface area contributed by atoms with Crippen molar-refractivity contribution < 1.29 is 14.2 Å². The molecule has 0 aromatic heterocycles. The molecule has 0 spiro atoms. The molecule has 1 aromatic carbocycles. The van der Waals surface area contributed by atoms with E-state index in [2.05, 4.69) is 10.6 Å². The fraction of sp³-hybridized carbons (Fsp3) is 0.500. The number of nitrogens with one attached hydrogen (secondary N) is 2. The summed E-state index contributed by atoms with van der Waals surface area (Å²) in [6, 6.07) is 5.30. The lowest BCUT2D eigenvalue weighted by molar-refractivity contribution is -0.137. The van der Waals surface area contributed by atoms with E-state index in [1.807, 2.05) is 13.8 Å². The Bertz CT molecular complexity index is 525. The number of halogens is 1. The highest BCUT2D eigenvalue weighted by atomic mass is 35.5. The van der Waals surface area contributed by atoms with E-state index in [0.717, 1.165) is 0 Å². The quantitative estimate of drug-likeness (QED) is 0.828. The monoisotopic (exact) mass is 330 g/mol. The van der Waals surface area contributed by atoms with Crippen LogP contribution in [0.3, 0.4) is 0 Å². The van der Waals surface area contributed by atoms with Gasteiger partial charge < -0.3 is 24.8 Å². The molecular weight excluding hydrogens is 312 g/mol. The molecule has 1 unspecified atom stereocenters. The molecule has 0 aliphatic carbocycles. The lowest BCUT2D eigenvalue weighted by atomic mass is 10.3. The predicted molar refractivity (Wildman–Crippen MR) is 87.1 cm³/mol. The molecule has 1 aliphatic heterocycles. The van der Waals surface area contributed by atoms with Crippen LogP contribution in [0.2, 0.25) is 5.02 Å². The van der Waals surface area contributed by atoms with Crippen molar-refractivity contribution in [2.75, 3.05) is 25.6 Å². The maximum atomic E-state index is 5.97. The molecule has 2 rings (SSSR count). The van der Waals surface area contributed by atoms with E-state index in [1.54, 1.807) is 25.3 Å². The molecule has 1 aromatic rings. The summed E-state index contributed by atoms with van der Waals surface area (Å²) in [7, 11) is 1.59. The summed E-state index contributed by atoms with van der Waals surface area (Å²) in [5.41, 5.74) is 0.714. The number of rotatable bonds is 4. The van der Waals surface area contributed by atoms with Crippen LogP contribution in [0, 0.1) is 0 Å². The van der Waals surface area contributed by atoms with Crippen molar-refractivity contribution in [2.45, 2.75) is 25.7 Å². The van der Waals surface area contributed by atoms with E-state index in [1.165, 1.54) is 0 Å². The number of benzene rings is 1. The zero-order valence-electron chi connectivity index (χ0n) is 12.2. The number of ether oxygens (including phenoxy) is 3. The van der Waals surface area contributed by atoms with Crippen molar-refractivity contribution in [3.8, 4) is 5.75 Å². The molecule has 0 radical (unpaired) electrons. The second-order valence-electron chi connectivity index (χ2n) is 5.13. The lowest BCUT2D eigenvalue weighted by Gasteiger charge is -2.18. The smallest absolute Gasteiger partial charge is 0.170 e. The van der Waals surface area contributed by atoms with Gasteiger partial charge in [-0.1, -0.05) is 11.6 Å². The van der Waals surface area contributed by atoms with Crippen molar-refractivity contribution in [3.63, 3.8) is 0 Å². The average molecular weight is 331 g/mol. The summed E-state index contributed by atoms with van der Waals surface area (Å²) in [6.45, 7) is 4.89. The Labute approximate surface area is 134 Å². The fourth-order valence-electron chi connectivity index (χ4n) is 2.01. The second kappa shape index (κ2) is 6.79. The van der Waals surface area contributed by atoms with Gasteiger partial charge in [-0.25, -0.2) is 0 Å². The van der Waals surface area contributed by atoms with Gasteiger partial charge in [0, 0.05) is 11.6 Å². The van der Waals surface area contributed by atoms with Gasteiger partial charge in [-0.2, -0.15) is 0 Å². The molecule has 0 amide bonds. The molecule has 0 saturated carbocycles. The molecule has 1 aliphatic rings. The molecule has 1 heterocycles. The minimum Gasteiger partial charge on any atom is -0.495 e. The summed E-state index contributed by atoms with van der Waals surface area (Å²) in [5.74, 6) is 0.141. The van der Waals surface area contributed by atoms with Crippen LogP contribution in [0.1, 0.15) is 13.8 Å². The summed E-state index contributed by atoms with van der Waals surface area (Å²) >= 11 is 11.2. The lowest BCUT2D eigenvalue weighted by Crippen LogP contribution is -2.36. The first-order valence-electron chi connectivity index (χ1n) is 6.60. The number of thiocarbonyl (C=S) groups is 1. The van der Waals surface area contributed by atoms with Crippen LogP contribution in [-0.2, 0) is 9.47 Å². The first-order chi connectivity index (χ1) is 9.89. The Morgan fingerprint density at radius 3 is 2.90 bits per heavy atom. The van der Waals surface area contributed by atoms with Gasteiger partial charge in [0.25, 0.3) is 0 Å². The van der Waals surface area contributed by atoms with E-state index in [0.29, 0.717) is 34.7 Å². The standard InChI is InChI=1S/C14H19ClN2O3S/c1-14(2)19-8-10(20-14)7-16-13(21)17-11-6-9(15)4-5-12(11)18-3/h4-6,10H,7-8H2,1-3H3,(H2,16,17,21). The summed E-state index contributed by atoms with van der Waals surface area (Å²) < 4.78 is 16.4. The van der Waals surface area contributed by atoms with Crippen molar-refractivity contribution in [3.05, 3.63) is 23.2 Å². The highest BCUT2D eigenvalue weighted by Gasteiger charge is 2.32. The molecular formula is C14H19ClN2O3S. The Kier molecular flexibility index (Phi) is 5.27. The third kappa shape index (κ3) is 4.71. The Morgan fingerprint density at radius 2 is 2.29 bits per heavy atom. The maximum Gasteiger partial charge on any atom is 0.170 e. The zero-order valence-corrected chi connectivity index (χ0v) is 13.8. The van der Waals surface area contributed by atoms with Crippen molar-refractivity contribution >= 4 is 34.6 Å². The van der Waals surface area contributed by atoms with Gasteiger partial charge in [0.1, 0.15) is 11.9 Å². The van der Waals surface area contributed by atoms with Gasteiger partial charge in [-0.15, -0.1) is 0 Å². The average Bonchev–Trinajstić information content (AvgIpc) is 2.76. The van der Waals surface area contributed by atoms with Gasteiger partial charge in [0.2, 0.25) is 0 Å². The van der Waals surface area contributed by atoms with E-state index in [4.69, 9.17) is 38.0 Å². The third-order valence-corrected chi connectivity index (χ3v) is 3.45. The molecule has 5 nitrogen and oxygen atoms in total. The Hall–Kier alpha value is -1.08. The van der Waals surface area contributed by atoms with Gasteiger partial charge in [-0.3, -0.25) is 0 Å². The van der Waals surface area contributed by atoms with E-state index >= 15 is 0 Å². The molecule has 21 heavy (non-hydrogen) atoms. The predicted octanol–water partition coefficient (Wildman–Crippen LogP) is 2.79. The first-order valence-corrected chi connectivity index (χ1v) is 7.38. The van der Waals surface area contributed by atoms with Crippen LogP contribution >= 0.6 is 23.8 Å². The largest absolute Gasteiger partial charge is 0.495 e. The van der Waals surface area contributed by atoms with Crippen molar-refractivity contribution in [2.24, 2.45) is 0 Å². The molecule has 1 atom stereocenters. The SMILES string of the molecule is COc1ccc(Cl)cc1NC(=S)NCC1COC(C)(C)O1. The normalized spacial score (nSPS) is 20.1. The minimum atomic E-state index is -0.530. The molecule has 1 saturated heterocycles. The summed E-state index contributed by atoms with van der Waals surface area (Å²) in [4.78, 5) is 0. The number of hydrogen-bond donors (Lipinski definition) is 2. The fourth-order valence-corrected chi connectivity index (χ4v) is 2.38. The number of anilines is 1. The number of hydrogen-bond acceptors (Lipinski definition) is 4. The number of methoxy groups -OCH3 is 1. The maximum absolute atomic E-state index is 5.97. The molecule has 0 bridgehead atoms. The topological polar surface area (TPSA) is 51.8 Å². The van der Waals surface area contributed by atoms with Crippen LogP contribution in [0.25, 0.3) is 0 Å². The van der Waals surface area contributed by atoms with Crippen molar-refractivity contribution in [1.82, 2.24) is 5.32 Å². The van der Waals surface area contributed by atoms with E-state index < -0.39 is 5.79 Å². The first kappa shape index (κ1) is 16.3. The van der Waals surface area contributed by atoms with Gasteiger partial charge in [-0.05, 0) is 44.3 Å². The van der Waals surface area contributed by atoms with Crippen LogP contribution in [0.5, 0.6) is 5.75 Å². The highest BCUT2D eigenvalue weighted by Crippen LogP contribution is 2.27. The molecule has 2 N–H and O–H groups in total. The molecule has 7 heteroatoms. The molecule has 1 fully saturated rings. The van der Waals surface area contributed by atoms with Crippen molar-refractivity contribution in [1.29, 1.82) is 0 Å². The van der Waals surface area contributed by atoms with Gasteiger partial charge in [0.05, 0.1) is 19.4 Å². The summed E-state index contributed by atoms with van der Waals surface area (Å²) in [5, 5.41) is 7.24. The highest BCUT2D eigenvalue weighted by molar-refractivity contribution is 7.80. The van der Waals surface area contributed by atoms with Crippen LogP contribution < -0.4 is 15.4 Å². The zero-order chi connectivity index (χ0) is 15.5. The van der Waals surface area contributed by atoms with Crippen LogP contribution in [-0.4, -0.2) is 37.3 Å². The Morgan fingerprint density at radius 1 is 1.52 bits per heavy atom. The third-order valence-electron chi connectivity index (χ3n) is 2.97. The summed E-state index contributed by atoms with van der Waals surface area (Å²) in [6.07, 6.45) is -0.0268. The minimum absolute atomic E-state index is 0.0268. The van der Waals surface area contributed by atoms with Gasteiger partial charge in [0.15, 0.2) is 10.9 Å².